The van der Waals surface area contributed by atoms with E-state index in [0.717, 1.165) is 48.9 Å². The Hall–Kier alpha value is -2.25. The lowest BCUT2D eigenvalue weighted by Gasteiger charge is -2.14. The summed E-state index contributed by atoms with van der Waals surface area (Å²) in [5.74, 6) is 0.391. The van der Waals surface area contributed by atoms with E-state index in [2.05, 4.69) is 26.9 Å². The first kappa shape index (κ1) is 15.3. The fourth-order valence-electron chi connectivity index (χ4n) is 3.15. The number of nitrogens with two attached hydrogens (primary N) is 1. The van der Waals surface area contributed by atoms with E-state index in [1.165, 1.54) is 17.0 Å². The molecule has 7 heteroatoms. The van der Waals surface area contributed by atoms with Gasteiger partial charge in [-0.15, -0.1) is 10.2 Å². The normalized spacial score (nSPS) is 17.4. The van der Waals surface area contributed by atoms with Crippen LogP contribution in [0.4, 0.5) is 5.13 Å². The predicted molar refractivity (Wildman–Crippen MR) is 93.9 cm³/mol. The average molecular weight is 341 g/mol. The Morgan fingerprint density at radius 3 is 2.83 bits per heavy atom. The molecular formula is C17H19N5OS. The lowest BCUT2D eigenvalue weighted by Crippen LogP contribution is -2.10. The molecule has 0 saturated carbocycles. The third-order valence-corrected chi connectivity index (χ3v) is 5.10. The Labute approximate surface area is 144 Å². The van der Waals surface area contributed by atoms with Gasteiger partial charge in [-0.25, -0.2) is 4.98 Å². The molecule has 0 radical (unpaired) electrons. The molecule has 1 atom stereocenters. The van der Waals surface area contributed by atoms with Crippen LogP contribution in [-0.2, 0) is 17.7 Å². The molecule has 2 N–H and O–H groups in total. The second-order valence-corrected chi connectivity index (χ2v) is 6.98. The summed E-state index contributed by atoms with van der Waals surface area (Å²) in [5.41, 5.74) is 9.14. The summed E-state index contributed by atoms with van der Waals surface area (Å²) in [6.45, 7) is 2.40. The van der Waals surface area contributed by atoms with Crippen LogP contribution >= 0.6 is 11.3 Å². The topological polar surface area (TPSA) is 78.9 Å². The molecule has 1 aromatic carbocycles. The van der Waals surface area contributed by atoms with Gasteiger partial charge in [-0.3, -0.25) is 0 Å². The quantitative estimate of drug-likeness (QED) is 0.772. The van der Waals surface area contributed by atoms with Crippen molar-refractivity contribution in [3.05, 3.63) is 47.4 Å². The van der Waals surface area contributed by atoms with Crippen LogP contribution in [0.1, 0.15) is 23.0 Å². The number of anilines is 1. The second-order valence-electron chi connectivity index (χ2n) is 5.88. The van der Waals surface area contributed by atoms with E-state index in [1.54, 1.807) is 0 Å². The molecule has 1 aliphatic rings. The van der Waals surface area contributed by atoms with Crippen molar-refractivity contribution in [1.82, 2.24) is 19.7 Å². The molecule has 3 heterocycles. The smallest absolute Gasteiger partial charge is 0.203 e. The van der Waals surface area contributed by atoms with Crippen molar-refractivity contribution < 1.29 is 4.74 Å². The van der Waals surface area contributed by atoms with Gasteiger partial charge < -0.3 is 15.0 Å². The second kappa shape index (κ2) is 6.70. The van der Waals surface area contributed by atoms with Crippen molar-refractivity contribution in [3.63, 3.8) is 0 Å². The number of aromatic nitrogens is 4. The van der Waals surface area contributed by atoms with E-state index in [9.17, 15) is 0 Å². The van der Waals surface area contributed by atoms with Gasteiger partial charge in [-0.1, -0.05) is 41.7 Å². The third kappa shape index (κ3) is 3.05. The largest absolute Gasteiger partial charge is 0.381 e. The van der Waals surface area contributed by atoms with Gasteiger partial charge in [0.2, 0.25) is 5.13 Å². The Kier molecular flexibility index (Phi) is 4.27. The van der Waals surface area contributed by atoms with Crippen LogP contribution < -0.4 is 5.73 Å². The first-order chi connectivity index (χ1) is 11.8. The molecule has 24 heavy (non-hydrogen) atoms. The average Bonchev–Trinajstić information content (AvgIpc) is 3.34. The van der Waals surface area contributed by atoms with E-state index < -0.39 is 0 Å². The SMILES string of the molecule is Nc1nnc(CCn2cnc(-c3ccccc3)c2C2CCOC2)s1. The molecule has 3 aromatic rings. The summed E-state index contributed by atoms with van der Waals surface area (Å²) in [6, 6.07) is 10.3. The van der Waals surface area contributed by atoms with Crippen LogP contribution in [0.3, 0.4) is 0 Å². The van der Waals surface area contributed by atoms with Crippen LogP contribution in [-0.4, -0.2) is 33.0 Å². The van der Waals surface area contributed by atoms with Gasteiger partial charge in [0.25, 0.3) is 0 Å². The zero-order valence-electron chi connectivity index (χ0n) is 13.3. The minimum atomic E-state index is 0.391. The van der Waals surface area contributed by atoms with Crippen molar-refractivity contribution in [3.8, 4) is 11.3 Å². The molecule has 124 valence electrons. The molecule has 1 saturated heterocycles. The van der Waals surface area contributed by atoms with Crippen molar-refractivity contribution in [1.29, 1.82) is 0 Å². The Bertz CT molecular complexity index is 808. The highest BCUT2D eigenvalue weighted by Crippen LogP contribution is 2.33. The maximum absolute atomic E-state index is 5.67. The molecule has 1 aliphatic heterocycles. The molecule has 1 fully saturated rings. The minimum Gasteiger partial charge on any atom is -0.381 e. The number of hydrogen-bond donors (Lipinski definition) is 1. The molecular weight excluding hydrogens is 322 g/mol. The summed E-state index contributed by atoms with van der Waals surface area (Å²) in [5, 5.41) is 9.46. The number of rotatable bonds is 5. The van der Waals surface area contributed by atoms with E-state index in [4.69, 9.17) is 15.5 Å². The van der Waals surface area contributed by atoms with Gasteiger partial charge in [0.1, 0.15) is 5.01 Å². The van der Waals surface area contributed by atoms with Crippen LogP contribution in [0.15, 0.2) is 36.7 Å². The van der Waals surface area contributed by atoms with E-state index in [0.29, 0.717) is 11.0 Å². The zero-order valence-corrected chi connectivity index (χ0v) is 14.1. The summed E-state index contributed by atoms with van der Waals surface area (Å²) >= 11 is 1.45. The van der Waals surface area contributed by atoms with Gasteiger partial charge >= 0.3 is 0 Å². The molecule has 4 rings (SSSR count). The predicted octanol–water partition coefficient (Wildman–Crippen LogP) is 2.73. The lowest BCUT2D eigenvalue weighted by molar-refractivity contribution is 0.193. The van der Waals surface area contributed by atoms with Crippen molar-refractivity contribution >= 4 is 16.5 Å². The van der Waals surface area contributed by atoms with Gasteiger partial charge in [0, 0.05) is 31.1 Å². The standard InChI is InChI=1S/C17H19N5OS/c18-17-21-20-14(24-17)6-8-22-11-19-15(12-4-2-1-3-5-12)16(22)13-7-9-23-10-13/h1-5,11,13H,6-10H2,(H2,18,21). The molecule has 2 aromatic heterocycles. The minimum absolute atomic E-state index is 0.391. The first-order valence-electron chi connectivity index (χ1n) is 8.07. The molecule has 6 nitrogen and oxygen atoms in total. The number of aryl methyl sites for hydroxylation is 2. The fraction of sp³-hybridized carbons (Fsp3) is 0.353. The van der Waals surface area contributed by atoms with Gasteiger partial charge in [-0.2, -0.15) is 0 Å². The number of ether oxygens (including phenoxy) is 1. The summed E-state index contributed by atoms with van der Waals surface area (Å²) in [4.78, 5) is 4.70. The van der Waals surface area contributed by atoms with Crippen molar-refractivity contribution in [2.24, 2.45) is 0 Å². The molecule has 0 aliphatic carbocycles. The van der Waals surface area contributed by atoms with E-state index in [-0.39, 0.29) is 0 Å². The monoisotopic (exact) mass is 341 g/mol. The number of benzene rings is 1. The Balaban J connectivity index is 1.64. The Morgan fingerprint density at radius 1 is 1.25 bits per heavy atom. The van der Waals surface area contributed by atoms with Crippen LogP contribution in [0.2, 0.25) is 0 Å². The fourth-order valence-corrected chi connectivity index (χ4v) is 3.75. The first-order valence-corrected chi connectivity index (χ1v) is 8.89. The summed E-state index contributed by atoms with van der Waals surface area (Å²) in [6.07, 6.45) is 3.78. The van der Waals surface area contributed by atoms with Gasteiger partial charge in [0.15, 0.2) is 0 Å². The molecule has 1 unspecified atom stereocenters. The highest BCUT2D eigenvalue weighted by molar-refractivity contribution is 7.15. The van der Waals surface area contributed by atoms with Crippen LogP contribution in [0, 0.1) is 0 Å². The molecule has 0 spiro atoms. The summed E-state index contributed by atoms with van der Waals surface area (Å²) < 4.78 is 7.85. The van der Waals surface area contributed by atoms with Gasteiger partial charge in [0.05, 0.1) is 24.3 Å². The highest BCUT2D eigenvalue weighted by Gasteiger charge is 2.25. The molecule has 0 bridgehead atoms. The maximum Gasteiger partial charge on any atom is 0.203 e. The zero-order chi connectivity index (χ0) is 16.4. The number of nitrogen functional groups attached to an aromatic ring is 1. The van der Waals surface area contributed by atoms with Crippen LogP contribution in [0.5, 0.6) is 0 Å². The highest BCUT2D eigenvalue weighted by atomic mass is 32.1. The summed E-state index contributed by atoms with van der Waals surface area (Å²) in [7, 11) is 0. The maximum atomic E-state index is 5.67. The van der Waals surface area contributed by atoms with Crippen molar-refractivity contribution in [2.75, 3.05) is 18.9 Å². The number of hydrogen-bond acceptors (Lipinski definition) is 6. The lowest BCUT2D eigenvalue weighted by atomic mass is 9.99. The Morgan fingerprint density at radius 2 is 2.12 bits per heavy atom. The number of nitrogens with zero attached hydrogens (tertiary/aromatic N) is 4. The van der Waals surface area contributed by atoms with Crippen molar-refractivity contribution in [2.45, 2.75) is 25.3 Å². The van der Waals surface area contributed by atoms with Crippen LogP contribution in [0.25, 0.3) is 11.3 Å². The van der Waals surface area contributed by atoms with E-state index >= 15 is 0 Å². The molecule has 0 amide bonds. The number of imidazole rings is 1. The van der Waals surface area contributed by atoms with E-state index in [1.807, 2.05) is 24.5 Å². The van der Waals surface area contributed by atoms with Gasteiger partial charge in [-0.05, 0) is 6.42 Å². The third-order valence-electron chi connectivity index (χ3n) is 4.29.